The van der Waals surface area contributed by atoms with Crippen LogP contribution in [0.25, 0.3) is 11.1 Å². The Kier molecular flexibility index (Phi) is 5.99. The Morgan fingerprint density at radius 2 is 1.77 bits per heavy atom. The molecule has 0 atom stereocenters. The zero-order valence-electron chi connectivity index (χ0n) is 14.8. The molecule has 0 spiro atoms. The molecule has 0 aliphatic carbocycles. The minimum Gasteiger partial charge on any atom is -0.494 e. The van der Waals surface area contributed by atoms with E-state index in [2.05, 4.69) is 17.2 Å². The van der Waals surface area contributed by atoms with Crippen molar-refractivity contribution in [2.45, 2.75) is 19.9 Å². The zero-order chi connectivity index (χ0) is 18.2. The summed E-state index contributed by atoms with van der Waals surface area (Å²) in [5.74, 6) is 0.766. The lowest BCUT2D eigenvalue weighted by atomic mass is 10.1. The standard InChI is InChI=1S/C22H22N2O2/c1-2-14-26-21-11-5-17(6-12-21)15-24-22(25)19-9-7-18(8-10-19)20-4-3-13-23-16-20/h3-13,16H,2,14-15H2,1H3,(H,24,25). The van der Waals surface area contributed by atoms with Gasteiger partial charge in [0.15, 0.2) is 0 Å². The fourth-order valence-corrected chi connectivity index (χ4v) is 2.56. The van der Waals surface area contributed by atoms with Gasteiger partial charge in [-0.1, -0.05) is 37.3 Å². The second kappa shape index (κ2) is 8.81. The number of nitrogens with zero attached hydrogens (tertiary/aromatic N) is 1. The van der Waals surface area contributed by atoms with Crippen LogP contribution in [0.1, 0.15) is 29.3 Å². The van der Waals surface area contributed by atoms with Gasteiger partial charge in [0.2, 0.25) is 0 Å². The third kappa shape index (κ3) is 4.70. The summed E-state index contributed by atoms with van der Waals surface area (Å²) in [6.45, 7) is 3.27. The van der Waals surface area contributed by atoms with Crippen LogP contribution in [0.2, 0.25) is 0 Å². The van der Waals surface area contributed by atoms with Crippen LogP contribution in [0, 0.1) is 0 Å². The number of hydrogen-bond acceptors (Lipinski definition) is 3. The molecule has 1 N–H and O–H groups in total. The van der Waals surface area contributed by atoms with Crippen molar-refractivity contribution in [1.29, 1.82) is 0 Å². The second-order valence-electron chi connectivity index (χ2n) is 5.99. The van der Waals surface area contributed by atoms with Gasteiger partial charge in [-0.25, -0.2) is 0 Å². The van der Waals surface area contributed by atoms with Crippen molar-refractivity contribution < 1.29 is 9.53 Å². The molecule has 4 nitrogen and oxygen atoms in total. The SMILES string of the molecule is CCCOc1ccc(CNC(=O)c2ccc(-c3cccnc3)cc2)cc1. The molecule has 4 heteroatoms. The topological polar surface area (TPSA) is 51.2 Å². The van der Waals surface area contributed by atoms with E-state index >= 15 is 0 Å². The maximum Gasteiger partial charge on any atom is 0.251 e. The smallest absolute Gasteiger partial charge is 0.251 e. The molecule has 26 heavy (non-hydrogen) atoms. The first-order valence-corrected chi connectivity index (χ1v) is 8.76. The van der Waals surface area contributed by atoms with Crippen LogP contribution < -0.4 is 10.1 Å². The number of hydrogen-bond donors (Lipinski definition) is 1. The molecule has 0 bridgehead atoms. The van der Waals surface area contributed by atoms with Gasteiger partial charge in [-0.05, 0) is 53.4 Å². The monoisotopic (exact) mass is 346 g/mol. The van der Waals surface area contributed by atoms with Crippen LogP contribution in [0.4, 0.5) is 0 Å². The number of rotatable bonds is 7. The van der Waals surface area contributed by atoms with Gasteiger partial charge >= 0.3 is 0 Å². The molecular weight excluding hydrogens is 324 g/mol. The van der Waals surface area contributed by atoms with Crippen LogP contribution >= 0.6 is 0 Å². The van der Waals surface area contributed by atoms with Crippen molar-refractivity contribution in [1.82, 2.24) is 10.3 Å². The number of pyridine rings is 1. The number of carbonyl (C=O) groups excluding carboxylic acids is 1. The van der Waals surface area contributed by atoms with E-state index in [-0.39, 0.29) is 5.91 Å². The zero-order valence-corrected chi connectivity index (χ0v) is 14.8. The fourth-order valence-electron chi connectivity index (χ4n) is 2.56. The first kappa shape index (κ1) is 17.7. The highest BCUT2D eigenvalue weighted by Gasteiger charge is 2.06. The first-order valence-electron chi connectivity index (χ1n) is 8.76. The van der Waals surface area contributed by atoms with E-state index in [1.807, 2.05) is 66.9 Å². The van der Waals surface area contributed by atoms with Crippen molar-refractivity contribution in [3.63, 3.8) is 0 Å². The Bertz CT molecular complexity index is 828. The second-order valence-corrected chi connectivity index (χ2v) is 5.99. The van der Waals surface area contributed by atoms with Crippen molar-refractivity contribution in [2.75, 3.05) is 6.61 Å². The lowest BCUT2D eigenvalue weighted by Gasteiger charge is -2.08. The average molecular weight is 346 g/mol. The average Bonchev–Trinajstić information content (AvgIpc) is 2.72. The van der Waals surface area contributed by atoms with Crippen molar-refractivity contribution in [3.05, 3.63) is 84.2 Å². The molecule has 0 saturated heterocycles. The number of nitrogens with one attached hydrogen (secondary N) is 1. The maximum absolute atomic E-state index is 12.3. The summed E-state index contributed by atoms with van der Waals surface area (Å²) < 4.78 is 5.56. The van der Waals surface area contributed by atoms with Crippen LogP contribution in [0.5, 0.6) is 5.75 Å². The Hall–Kier alpha value is -3.14. The van der Waals surface area contributed by atoms with Crippen LogP contribution in [0.3, 0.4) is 0 Å². The summed E-state index contributed by atoms with van der Waals surface area (Å²) in [6.07, 6.45) is 4.54. The van der Waals surface area contributed by atoms with Gasteiger partial charge in [0.25, 0.3) is 5.91 Å². The van der Waals surface area contributed by atoms with Crippen LogP contribution in [-0.4, -0.2) is 17.5 Å². The minimum absolute atomic E-state index is 0.0888. The van der Waals surface area contributed by atoms with E-state index in [4.69, 9.17) is 4.74 Å². The normalized spacial score (nSPS) is 10.3. The molecule has 1 aromatic heterocycles. The summed E-state index contributed by atoms with van der Waals surface area (Å²) in [7, 11) is 0. The highest BCUT2D eigenvalue weighted by Crippen LogP contribution is 2.18. The van der Waals surface area contributed by atoms with E-state index in [0.29, 0.717) is 18.7 Å². The first-order chi connectivity index (χ1) is 12.8. The van der Waals surface area contributed by atoms with Gasteiger partial charge in [-0.2, -0.15) is 0 Å². The fraction of sp³-hybridized carbons (Fsp3) is 0.182. The Balaban J connectivity index is 1.56. The number of aromatic nitrogens is 1. The van der Waals surface area contributed by atoms with Crippen molar-refractivity contribution in [2.24, 2.45) is 0 Å². The molecule has 3 aromatic rings. The molecule has 0 saturated carbocycles. The number of amides is 1. The molecule has 0 aliphatic rings. The quantitative estimate of drug-likeness (QED) is 0.687. The van der Waals surface area contributed by atoms with Gasteiger partial charge in [0.05, 0.1) is 6.61 Å². The Morgan fingerprint density at radius 1 is 1.00 bits per heavy atom. The largest absolute Gasteiger partial charge is 0.494 e. The number of benzene rings is 2. The highest BCUT2D eigenvalue weighted by atomic mass is 16.5. The lowest BCUT2D eigenvalue weighted by molar-refractivity contribution is 0.0951. The number of ether oxygens (including phenoxy) is 1. The molecule has 0 aliphatic heterocycles. The van der Waals surface area contributed by atoms with E-state index in [1.165, 1.54) is 0 Å². The van der Waals surface area contributed by atoms with Gasteiger partial charge in [0, 0.05) is 24.5 Å². The molecule has 132 valence electrons. The predicted octanol–water partition coefficient (Wildman–Crippen LogP) is 4.47. The lowest BCUT2D eigenvalue weighted by Crippen LogP contribution is -2.22. The molecule has 1 heterocycles. The van der Waals surface area contributed by atoms with Crippen LogP contribution in [0.15, 0.2) is 73.1 Å². The van der Waals surface area contributed by atoms with Crippen LogP contribution in [-0.2, 0) is 6.54 Å². The summed E-state index contributed by atoms with van der Waals surface area (Å²) in [6, 6.07) is 19.2. The maximum atomic E-state index is 12.3. The summed E-state index contributed by atoms with van der Waals surface area (Å²) in [4.78, 5) is 16.4. The van der Waals surface area contributed by atoms with Gasteiger partial charge in [-0.3, -0.25) is 9.78 Å². The highest BCUT2D eigenvalue weighted by molar-refractivity contribution is 5.94. The summed E-state index contributed by atoms with van der Waals surface area (Å²) >= 11 is 0. The Labute approximate surface area is 153 Å². The molecule has 0 fully saturated rings. The van der Waals surface area contributed by atoms with Gasteiger partial charge in [-0.15, -0.1) is 0 Å². The van der Waals surface area contributed by atoms with E-state index in [1.54, 1.807) is 6.20 Å². The van der Waals surface area contributed by atoms with E-state index in [0.717, 1.165) is 28.9 Å². The molecular formula is C22H22N2O2. The van der Waals surface area contributed by atoms with Gasteiger partial charge < -0.3 is 10.1 Å². The molecule has 0 radical (unpaired) electrons. The molecule has 2 aromatic carbocycles. The van der Waals surface area contributed by atoms with E-state index in [9.17, 15) is 4.79 Å². The number of carbonyl (C=O) groups is 1. The summed E-state index contributed by atoms with van der Waals surface area (Å²) in [5, 5.41) is 2.95. The molecule has 3 rings (SSSR count). The Morgan fingerprint density at radius 3 is 2.42 bits per heavy atom. The van der Waals surface area contributed by atoms with Crippen molar-refractivity contribution in [3.8, 4) is 16.9 Å². The van der Waals surface area contributed by atoms with Crippen molar-refractivity contribution >= 4 is 5.91 Å². The van der Waals surface area contributed by atoms with Gasteiger partial charge in [0.1, 0.15) is 5.75 Å². The summed E-state index contributed by atoms with van der Waals surface area (Å²) in [5.41, 5.74) is 3.75. The third-order valence-electron chi connectivity index (χ3n) is 3.99. The third-order valence-corrected chi connectivity index (χ3v) is 3.99. The molecule has 0 unspecified atom stereocenters. The van der Waals surface area contributed by atoms with E-state index < -0.39 is 0 Å². The minimum atomic E-state index is -0.0888. The predicted molar refractivity (Wildman–Crippen MR) is 103 cm³/mol. The molecule has 1 amide bonds.